The van der Waals surface area contributed by atoms with Crippen LogP contribution in [0.2, 0.25) is 5.02 Å². The highest BCUT2D eigenvalue weighted by Gasteiger charge is 2.32. The van der Waals surface area contributed by atoms with E-state index >= 15 is 0 Å². The number of halogens is 3. The second kappa shape index (κ2) is 12.6. The Morgan fingerprint density at radius 3 is 2.40 bits per heavy atom. The van der Waals surface area contributed by atoms with E-state index in [9.17, 15) is 4.79 Å². The topological polar surface area (TPSA) is 61.4 Å². The van der Waals surface area contributed by atoms with Crippen molar-refractivity contribution in [3.63, 3.8) is 0 Å². The normalized spacial score (nSPS) is 18.4. The third-order valence-corrected chi connectivity index (χ3v) is 6.97. The van der Waals surface area contributed by atoms with Crippen molar-refractivity contribution >= 4 is 48.1 Å². The van der Waals surface area contributed by atoms with Crippen LogP contribution in [-0.2, 0) is 11.2 Å². The number of carbonyl (C=O) groups is 1. The van der Waals surface area contributed by atoms with E-state index in [-0.39, 0.29) is 42.1 Å². The van der Waals surface area contributed by atoms with Crippen LogP contribution < -0.4 is 10.2 Å². The van der Waals surface area contributed by atoms with Gasteiger partial charge in [-0.1, -0.05) is 51.4 Å². The van der Waals surface area contributed by atoms with Crippen LogP contribution in [0.1, 0.15) is 62.8 Å². The molecule has 2 aromatic rings. The van der Waals surface area contributed by atoms with Gasteiger partial charge in [-0.05, 0) is 41.9 Å². The number of carbonyl (C=O) groups excluding carboxylic acids is 1. The molecule has 1 aromatic heterocycles. The van der Waals surface area contributed by atoms with Crippen LogP contribution in [0, 0.1) is 5.41 Å². The van der Waals surface area contributed by atoms with Gasteiger partial charge in [0.05, 0.1) is 5.92 Å². The Hall–Kier alpha value is -1.60. The minimum Gasteiger partial charge on any atom is -0.353 e. The Morgan fingerprint density at radius 2 is 1.77 bits per heavy atom. The van der Waals surface area contributed by atoms with E-state index in [0.717, 1.165) is 43.9 Å². The van der Waals surface area contributed by atoms with Gasteiger partial charge in [0.1, 0.15) is 12.1 Å². The highest BCUT2D eigenvalue weighted by atomic mass is 35.5. The molecule has 35 heavy (non-hydrogen) atoms. The summed E-state index contributed by atoms with van der Waals surface area (Å²) in [6.07, 6.45) is 3.87. The average molecular weight is 543 g/mol. The molecule has 1 saturated heterocycles. The highest BCUT2D eigenvalue weighted by molar-refractivity contribution is 6.30. The lowest BCUT2D eigenvalue weighted by atomic mass is 9.94. The molecule has 0 radical (unpaired) electrons. The first-order chi connectivity index (χ1) is 15.7. The summed E-state index contributed by atoms with van der Waals surface area (Å²) in [7, 11) is 0. The molecule has 1 amide bonds. The Morgan fingerprint density at radius 1 is 1.11 bits per heavy atom. The first-order valence-corrected chi connectivity index (χ1v) is 12.4. The second-order valence-corrected chi connectivity index (χ2v) is 11.0. The quantitative estimate of drug-likeness (QED) is 0.551. The van der Waals surface area contributed by atoms with Crippen LogP contribution in [0.15, 0.2) is 30.6 Å². The number of hydrogen-bond acceptors (Lipinski definition) is 5. The van der Waals surface area contributed by atoms with Gasteiger partial charge < -0.3 is 15.1 Å². The first kappa shape index (κ1) is 29.6. The standard InChI is InChI=1S/C26H36ClN5O.2ClH/c1-18-5-10-22-23(18)24(30-17-29-22)31-11-13-32(14-12-31)25(33)21(15-28-16-26(2,3)4)19-6-8-20(27)9-7-19;;/h6-9,17-18,21,28H,5,10-16H2,1-4H3;2*1H/t18-,21-;;/m1../s1. The Bertz CT molecular complexity index is 972. The zero-order valence-electron chi connectivity index (χ0n) is 21.1. The third-order valence-electron chi connectivity index (χ3n) is 6.72. The van der Waals surface area contributed by atoms with E-state index in [1.807, 2.05) is 29.2 Å². The monoisotopic (exact) mass is 541 g/mol. The van der Waals surface area contributed by atoms with E-state index in [2.05, 4.69) is 47.9 Å². The molecule has 6 nitrogen and oxygen atoms in total. The highest BCUT2D eigenvalue weighted by Crippen LogP contribution is 2.37. The summed E-state index contributed by atoms with van der Waals surface area (Å²) in [4.78, 5) is 27.1. The molecule has 1 N–H and O–H groups in total. The van der Waals surface area contributed by atoms with E-state index in [1.54, 1.807) is 6.33 Å². The molecule has 1 aliphatic carbocycles. The zero-order chi connectivity index (χ0) is 23.6. The van der Waals surface area contributed by atoms with E-state index in [4.69, 9.17) is 11.6 Å². The Labute approximate surface area is 227 Å². The number of benzene rings is 1. The van der Waals surface area contributed by atoms with Crippen molar-refractivity contribution in [2.24, 2.45) is 5.41 Å². The zero-order valence-corrected chi connectivity index (χ0v) is 23.5. The maximum atomic E-state index is 13.6. The number of amides is 1. The largest absolute Gasteiger partial charge is 0.353 e. The summed E-state index contributed by atoms with van der Waals surface area (Å²) < 4.78 is 0. The lowest BCUT2D eigenvalue weighted by molar-refractivity contribution is -0.133. The average Bonchev–Trinajstić information content (AvgIpc) is 3.18. The lowest BCUT2D eigenvalue weighted by Crippen LogP contribution is -2.51. The van der Waals surface area contributed by atoms with Gasteiger partial charge in [-0.25, -0.2) is 9.97 Å². The SMILES string of the molecule is C[C@@H]1CCc2ncnc(N3CCN(C(=O)[C@H](CNCC(C)(C)C)c4ccc(Cl)cc4)CC3)c21.Cl.Cl. The van der Waals surface area contributed by atoms with Gasteiger partial charge in [0.15, 0.2) is 0 Å². The van der Waals surface area contributed by atoms with Crippen molar-refractivity contribution in [3.8, 4) is 0 Å². The van der Waals surface area contributed by atoms with Crippen molar-refractivity contribution < 1.29 is 4.79 Å². The van der Waals surface area contributed by atoms with Crippen LogP contribution in [0.5, 0.6) is 0 Å². The van der Waals surface area contributed by atoms with Crippen molar-refractivity contribution in [1.82, 2.24) is 20.2 Å². The van der Waals surface area contributed by atoms with Gasteiger partial charge in [0.2, 0.25) is 5.91 Å². The smallest absolute Gasteiger partial charge is 0.231 e. The molecule has 1 aliphatic heterocycles. The number of anilines is 1. The lowest BCUT2D eigenvalue weighted by Gasteiger charge is -2.38. The minimum atomic E-state index is -0.223. The maximum absolute atomic E-state index is 13.6. The van der Waals surface area contributed by atoms with Crippen LogP contribution in [0.4, 0.5) is 5.82 Å². The molecule has 9 heteroatoms. The summed E-state index contributed by atoms with van der Waals surface area (Å²) in [6.45, 7) is 13.3. The number of hydrogen-bond donors (Lipinski definition) is 1. The molecule has 1 aromatic carbocycles. The van der Waals surface area contributed by atoms with Gasteiger partial charge in [0, 0.05) is 55.5 Å². The van der Waals surface area contributed by atoms with Crippen molar-refractivity contribution in [2.45, 2.75) is 52.4 Å². The molecule has 2 heterocycles. The summed E-state index contributed by atoms with van der Waals surface area (Å²) in [6, 6.07) is 7.70. The van der Waals surface area contributed by atoms with Crippen molar-refractivity contribution in [3.05, 3.63) is 52.4 Å². The number of aryl methyl sites for hydroxylation is 1. The molecular formula is C26H38Cl3N5O. The minimum absolute atomic E-state index is 0. The van der Waals surface area contributed by atoms with Crippen molar-refractivity contribution in [1.29, 1.82) is 0 Å². The molecule has 4 rings (SSSR count). The van der Waals surface area contributed by atoms with E-state index in [1.165, 1.54) is 11.3 Å². The van der Waals surface area contributed by atoms with Gasteiger partial charge in [0.25, 0.3) is 0 Å². The fourth-order valence-electron chi connectivity index (χ4n) is 4.87. The number of aromatic nitrogens is 2. The van der Waals surface area contributed by atoms with Gasteiger partial charge in [-0.3, -0.25) is 4.79 Å². The number of fused-ring (bicyclic) bond motifs is 1. The van der Waals surface area contributed by atoms with Crippen molar-refractivity contribution in [2.75, 3.05) is 44.2 Å². The van der Waals surface area contributed by atoms with Crippen LogP contribution in [0.25, 0.3) is 0 Å². The van der Waals surface area contributed by atoms with Gasteiger partial charge >= 0.3 is 0 Å². The van der Waals surface area contributed by atoms with Gasteiger partial charge in [-0.2, -0.15) is 0 Å². The predicted octanol–water partition coefficient (Wildman–Crippen LogP) is 5.09. The second-order valence-electron chi connectivity index (χ2n) is 10.6. The number of nitrogens with one attached hydrogen (secondary N) is 1. The molecule has 194 valence electrons. The maximum Gasteiger partial charge on any atom is 0.231 e. The molecule has 2 aliphatic rings. The number of rotatable bonds is 6. The Balaban J connectivity index is 0.00000216. The summed E-state index contributed by atoms with van der Waals surface area (Å²) >= 11 is 6.11. The summed E-state index contributed by atoms with van der Waals surface area (Å²) in [5.41, 5.74) is 3.67. The third kappa shape index (κ3) is 7.22. The fourth-order valence-corrected chi connectivity index (χ4v) is 4.99. The summed E-state index contributed by atoms with van der Waals surface area (Å²) in [5.74, 6) is 1.52. The first-order valence-electron chi connectivity index (χ1n) is 12.1. The molecule has 1 fully saturated rings. The molecule has 0 bridgehead atoms. The fraction of sp³-hybridized carbons (Fsp3) is 0.577. The van der Waals surface area contributed by atoms with E-state index < -0.39 is 0 Å². The van der Waals surface area contributed by atoms with Gasteiger partial charge in [-0.15, -0.1) is 24.8 Å². The summed E-state index contributed by atoms with van der Waals surface area (Å²) in [5, 5.41) is 4.21. The molecule has 0 spiro atoms. The predicted molar refractivity (Wildman–Crippen MR) is 149 cm³/mol. The molecular weight excluding hydrogens is 505 g/mol. The van der Waals surface area contributed by atoms with Crippen LogP contribution in [0.3, 0.4) is 0 Å². The molecule has 0 saturated carbocycles. The Kier molecular flexibility index (Phi) is 10.6. The van der Waals surface area contributed by atoms with Crippen LogP contribution in [-0.4, -0.2) is 60.0 Å². The van der Waals surface area contributed by atoms with Crippen LogP contribution >= 0.6 is 36.4 Å². The molecule has 0 unspecified atom stereocenters. The number of piperazine rings is 1. The van der Waals surface area contributed by atoms with E-state index in [0.29, 0.717) is 30.6 Å². The number of nitrogens with zero attached hydrogens (tertiary/aromatic N) is 4. The molecule has 2 atom stereocenters.